The highest BCUT2D eigenvalue weighted by Crippen LogP contribution is 2.23. The molecule has 1 fully saturated rings. The number of anilines is 1. The van der Waals surface area contributed by atoms with Crippen LogP contribution in [-0.4, -0.2) is 47.7 Å². The van der Waals surface area contributed by atoms with Gasteiger partial charge in [0.15, 0.2) is 0 Å². The number of rotatable bonds is 5. The van der Waals surface area contributed by atoms with Crippen molar-refractivity contribution in [1.82, 2.24) is 9.88 Å². The Bertz CT molecular complexity index is 422. The van der Waals surface area contributed by atoms with Crippen LogP contribution in [0.25, 0.3) is 0 Å². The molecule has 4 nitrogen and oxygen atoms in total. The van der Waals surface area contributed by atoms with Crippen molar-refractivity contribution in [2.45, 2.75) is 39.3 Å². The molecule has 1 N–H and O–H groups in total. The van der Waals surface area contributed by atoms with Crippen LogP contribution in [0.3, 0.4) is 0 Å². The van der Waals surface area contributed by atoms with Crippen molar-refractivity contribution in [2.75, 3.05) is 31.6 Å². The van der Waals surface area contributed by atoms with Crippen LogP contribution in [0.15, 0.2) is 12.3 Å². The Morgan fingerprint density at radius 1 is 1.53 bits per heavy atom. The van der Waals surface area contributed by atoms with Gasteiger partial charge in [0, 0.05) is 42.8 Å². The van der Waals surface area contributed by atoms with Crippen LogP contribution in [0.1, 0.15) is 31.0 Å². The number of likely N-dealkylation sites (N-methyl/N-ethyl adjacent to an activating group) is 2. The van der Waals surface area contributed by atoms with Crippen molar-refractivity contribution in [3.05, 3.63) is 23.5 Å². The van der Waals surface area contributed by atoms with Gasteiger partial charge in [-0.1, -0.05) is 6.92 Å². The lowest BCUT2D eigenvalue weighted by Gasteiger charge is -2.30. The summed E-state index contributed by atoms with van der Waals surface area (Å²) in [6.07, 6.45) is 4.36. The molecule has 1 aromatic heterocycles. The standard InChI is InChI=1S/C15H25N3O/c1-4-18-7-5-6-14(18)10-17(3)15-8-12(2)16-9-13(15)11-19/h8-9,14,19H,4-7,10-11H2,1-3H3. The zero-order valence-electron chi connectivity index (χ0n) is 12.3. The molecule has 0 radical (unpaired) electrons. The van der Waals surface area contributed by atoms with Crippen LogP contribution in [-0.2, 0) is 6.61 Å². The Kier molecular flexibility index (Phi) is 4.77. The van der Waals surface area contributed by atoms with E-state index in [0.29, 0.717) is 6.04 Å². The summed E-state index contributed by atoms with van der Waals surface area (Å²) in [4.78, 5) is 9.07. The average Bonchev–Trinajstić information content (AvgIpc) is 2.85. The number of pyridine rings is 1. The number of aliphatic hydroxyl groups excluding tert-OH is 1. The first-order chi connectivity index (χ1) is 9.15. The Labute approximate surface area is 116 Å². The molecule has 1 unspecified atom stereocenters. The molecular weight excluding hydrogens is 238 g/mol. The largest absolute Gasteiger partial charge is 0.392 e. The van der Waals surface area contributed by atoms with Gasteiger partial charge in [0.05, 0.1) is 6.61 Å². The first kappa shape index (κ1) is 14.3. The van der Waals surface area contributed by atoms with Crippen molar-refractivity contribution >= 4 is 5.69 Å². The molecule has 0 spiro atoms. The van der Waals surface area contributed by atoms with Gasteiger partial charge >= 0.3 is 0 Å². The van der Waals surface area contributed by atoms with E-state index >= 15 is 0 Å². The van der Waals surface area contributed by atoms with Crippen molar-refractivity contribution in [1.29, 1.82) is 0 Å². The average molecular weight is 263 g/mol. The van der Waals surface area contributed by atoms with Crippen LogP contribution >= 0.6 is 0 Å². The summed E-state index contributed by atoms with van der Waals surface area (Å²) >= 11 is 0. The number of aryl methyl sites for hydroxylation is 1. The summed E-state index contributed by atoms with van der Waals surface area (Å²) < 4.78 is 0. The minimum absolute atomic E-state index is 0.0507. The SMILES string of the molecule is CCN1CCCC1CN(C)c1cc(C)ncc1CO. The van der Waals surface area contributed by atoms with Crippen molar-refractivity contribution in [2.24, 2.45) is 0 Å². The summed E-state index contributed by atoms with van der Waals surface area (Å²) in [5.41, 5.74) is 3.02. The molecular formula is C15H25N3O. The number of nitrogens with zero attached hydrogens (tertiary/aromatic N) is 3. The fourth-order valence-electron chi connectivity index (χ4n) is 2.98. The Morgan fingerprint density at radius 3 is 3.00 bits per heavy atom. The van der Waals surface area contributed by atoms with E-state index in [4.69, 9.17) is 0 Å². The maximum atomic E-state index is 9.44. The number of aromatic nitrogens is 1. The number of hydrogen-bond acceptors (Lipinski definition) is 4. The van der Waals surface area contributed by atoms with Crippen molar-refractivity contribution in [3.8, 4) is 0 Å². The molecule has 4 heteroatoms. The Morgan fingerprint density at radius 2 is 2.32 bits per heavy atom. The number of hydrogen-bond donors (Lipinski definition) is 1. The van der Waals surface area contributed by atoms with E-state index in [0.717, 1.165) is 30.0 Å². The van der Waals surface area contributed by atoms with E-state index in [1.54, 1.807) is 6.20 Å². The normalized spacial score (nSPS) is 19.9. The van der Waals surface area contributed by atoms with E-state index < -0.39 is 0 Å². The van der Waals surface area contributed by atoms with Crippen LogP contribution in [0.4, 0.5) is 5.69 Å². The predicted molar refractivity (Wildman–Crippen MR) is 78.4 cm³/mol. The fourth-order valence-corrected chi connectivity index (χ4v) is 2.98. The molecule has 1 saturated heterocycles. The van der Waals surface area contributed by atoms with Crippen molar-refractivity contribution < 1.29 is 5.11 Å². The Balaban J connectivity index is 2.11. The van der Waals surface area contributed by atoms with Gasteiger partial charge in [-0.05, 0) is 38.9 Å². The van der Waals surface area contributed by atoms with Gasteiger partial charge in [-0.3, -0.25) is 9.88 Å². The van der Waals surface area contributed by atoms with Gasteiger partial charge in [0.1, 0.15) is 0 Å². The molecule has 0 bridgehead atoms. The first-order valence-corrected chi connectivity index (χ1v) is 7.17. The van der Waals surface area contributed by atoms with Crippen LogP contribution in [0.5, 0.6) is 0 Å². The third-order valence-electron chi connectivity index (χ3n) is 4.07. The molecule has 2 heterocycles. The molecule has 2 rings (SSSR count). The van der Waals surface area contributed by atoms with E-state index in [2.05, 4.69) is 34.8 Å². The van der Waals surface area contributed by atoms with E-state index in [1.165, 1.54) is 19.4 Å². The molecule has 0 aromatic carbocycles. The fraction of sp³-hybridized carbons (Fsp3) is 0.667. The molecule has 1 atom stereocenters. The highest BCUT2D eigenvalue weighted by atomic mass is 16.3. The van der Waals surface area contributed by atoms with Crippen LogP contribution in [0, 0.1) is 6.92 Å². The smallest absolute Gasteiger partial charge is 0.0717 e. The van der Waals surface area contributed by atoms with E-state index in [9.17, 15) is 5.11 Å². The van der Waals surface area contributed by atoms with E-state index in [1.807, 2.05) is 6.92 Å². The molecule has 1 aliphatic heterocycles. The highest BCUT2D eigenvalue weighted by Gasteiger charge is 2.24. The summed E-state index contributed by atoms with van der Waals surface area (Å²) in [5.74, 6) is 0. The van der Waals surface area contributed by atoms with Gasteiger partial charge in [0.25, 0.3) is 0 Å². The summed E-state index contributed by atoms with van der Waals surface area (Å²) in [6.45, 7) is 7.64. The highest BCUT2D eigenvalue weighted by molar-refractivity contribution is 5.52. The second-order valence-corrected chi connectivity index (χ2v) is 5.42. The molecule has 0 saturated carbocycles. The number of aliphatic hydroxyl groups is 1. The zero-order valence-corrected chi connectivity index (χ0v) is 12.3. The topological polar surface area (TPSA) is 39.6 Å². The Hall–Kier alpha value is -1.13. The third kappa shape index (κ3) is 3.25. The van der Waals surface area contributed by atoms with Gasteiger partial charge in [-0.15, -0.1) is 0 Å². The maximum absolute atomic E-state index is 9.44. The van der Waals surface area contributed by atoms with Crippen molar-refractivity contribution in [3.63, 3.8) is 0 Å². The van der Waals surface area contributed by atoms with E-state index in [-0.39, 0.29) is 6.61 Å². The minimum Gasteiger partial charge on any atom is -0.392 e. The summed E-state index contributed by atoms with van der Waals surface area (Å²) in [5, 5.41) is 9.44. The summed E-state index contributed by atoms with van der Waals surface area (Å²) in [7, 11) is 2.11. The van der Waals surface area contributed by atoms with Gasteiger partial charge in [-0.25, -0.2) is 0 Å². The predicted octanol–water partition coefficient (Wildman–Crippen LogP) is 1.80. The van der Waals surface area contributed by atoms with Gasteiger partial charge in [-0.2, -0.15) is 0 Å². The zero-order chi connectivity index (χ0) is 13.8. The molecule has 1 aliphatic rings. The van der Waals surface area contributed by atoms with Crippen LogP contribution < -0.4 is 4.90 Å². The second kappa shape index (κ2) is 6.35. The summed E-state index contributed by atoms with van der Waals surface area (Å²) in [6, 6.07) is 2.70. The van der Waals surface area contributed by atoms with Gasteiger partial charge in [0.2, 0.25) is 0 Å². The van der Waals surface area contributed by atoms with Crippen LogP contribution in [0.2, 0.25) is 0 Å². The van der Waals surface area contributed by atoms with Gasteiger partial charge < -0.3 is 10.0 Å². The second-order valence-electron chi connectivity index (χ2n) is 5.42. The lowest BCUT2D eigenvalue weighted by atomic mass is 10.1. The molecule has 1 aromatic rings. The molecule has 19 heavy (non-hydrogen) atoms. The minimum atomic E-state index is 0.0507. The molecule has 0 amide bonds. The molecule has 0 aliphatic carbocycles. The monoisotopic (exact) mass is 263 g/mol. The maximum Gasteiger partial charge on any atom is 0.0717 e. The molecule has 106 valence electrons. The number of likely N-dealkylation sites (tertiary alicyclic amines) is 1. The lowest BCUT2D eigenvalue weighted by molar-refractivity contribution is 0.269. The lowest BCUT2D eigenvalue weighted by Crippen LogP contribution is -2.39. The quantitative estimate of drug-likeness (QED) is 0.879. The first-order valence-electron chi connectivity index (χ1n) is 7.17. The third-order valence-corrected chi connectivity index (χ3v) is 4.07.